The maximum absolute atomic E-state index is 12.8. The first-order valence-electron chi connectivity index (χ1n) is 10.3. The molecule has 2 aromatic rings. The molecule has 0 saturated heterocycles. The standard InChI is InChI=1S/C23H27ClN4O3/c1-14(2)13-20(28-21(29)15-3-5-16(24)6-4-15)22(30)25-17-7-9-18(10-8-17)26-23(31)27-19-11-12-19/h3-10,14,19-20H,11-13H2,1-2H3,(H,25,30)(H,28,29)(H2,26,27,31). The molecule has 1 atom stereocenters. The first kappa shape index (κ1) is 22.6. The van der Waals surface area contributed by atoms with Crippen LogP contribution in [0, 0.1) is 5.92 Å². The zero-order chi connectivity index (χ0) is 22.4. The summed E-state index contributed by atoms with van der Waals surface area (Å²) < 4.78 is 0. The predicted molar refractivity (Wildman–Crippen MR) is 122 cm³/mol. The number of amides is 4. The Morgan fingerprint density at radius 2 is 1.52 bits per heavy atom. The van der Waals surface area contributed by atoms with Gasteiger partial charge in [-0.25, -0.2) is 4.79 Å². The van der Waals surface area contributed by atoms with Gasteiger partial charge in [0.05, 0.1) is 0 Å². The lowest BCUT2D eigenvalue weighted by Gasteiger charge is -2.20. The second-order valence-corrected chi connectivity index (χ2v) is 8.54. The minimum absolute atomic E-state index is 0.206. The third kappa shape index (κ3) is 7.29. The molecular formula is C23H27ClN4O3. The Labute approximate surface area is 186 Å². The molecule has 0 bridgehead atoms. The molecule has 4 N–H and O–H groups in total. The average Bonchev–Trinajstić information content (AvgIpc) is 3.53. The number of anilines is 2. The summed E-state index contributed by atoms with van der Waals surface area (Å²) in [6.07, 6.45) is 2.53. The van der Waals surface area contributed by atoms with Gasteiger partial charge in [0.15, 0.2) is 0 Å². The fourth-order valence-electron chi connectivity index (χ4n) is 2.99. The van der Waals surface area contributed by atoms with E-state index in [-0.39, 0.29) is 29.8 Å². The highest BCUT2D eigenvalue weighted by Gasteiger charge is 2.24. The van der Waals surface area contributed by atoms with Gasteiger partial charge in [-0.1, -0.05) is 25.4 Å². The molecule has 1 aliphatic rings. The van der Waals surface area contributed by atoms with Crippen molar-refractivity contribution >= 4 is 40.8 Å². The number of halogens is 1. The van der Waals surface area contributed by atoms with Gasteiger partial charge in [0, 0.05) is 28.0 Å². The molecule has 1 fully saturated rings. The van der Waals surface area contributed by atoms with E-state index in [1.54, 1.807) is 48.5 Å². The van der Waals surface area contributed by atoms with Crippen molar-refractivity contribution in [1.82, 2.24) is 10.6 Å². The number of hydrogen-bond acceptors (Lipinski definition) is 3. The summed E-state index contributed by atoms with van der Waals surface area (Å²) in [6.45, 7) is 3.98. The third-order valence-corrected chi connectivity index (χ3v) is 5.01. The van der Waals surface area contributed by atoms with E-state index >= 15 is 0 Å². The number of nitrogens with one attached hydrogen (secondary N) is 4. The number of carbonyl (C=O) groups excluding carboxylic acids is 3. The topological polar surface area (TPSA) is 99.3 Å². The minimum atomic E-state index is -0.690. The largest absolute Gasteiger partial charge is 0.340 e. The lowest BCUT2D eigenvalue weighted by Crippen LogP contribution is -2.44. The molecule has 164 valence electrons. The smallest absolute Gasteiger partial charge is 0.319 e. The monoisotopic (exact) mass is 442 g/mol. The van der Waals surface area contributed by atoms with E-state index in [2.05, 4.69) is 21.3 Å². The van der Waals surface area contributed by atoms with Crippen molar-refractivity contribution in [3.05, 3.63) is 59.1 Å². The number of urea groups is 1. The van der Waals surface area contributed by atoms with Crippen molar-refractivity contribution in [3.63, 3.8) is 0 Å². The molecule has 8 heteroatoms. The first-order chi connectivity index (χ1) is 14.8. The lowest BCUT2D eigenvalue weighted by atomic mass is 10.0. The van der Waals surface area contributed by atoms with Crippen molar-refractivity contribution in [2.24, 2.45) is 5.92 Å². The van der Waals surface area contributed by atoms with Crippen molar-refractivity contribution in [2.45, 2.75) is 45.2 Å². The van der Waals surface area contributed by atoms with E-state index in [1.807, 2.05) is 13.8 Å². The van der Waals surface area contributed by atoms with Crippen LogP contribution in [0.25, 0.3) is 0 Å². The Kier molecular flexibility index (Phi) is 7.52. The Balaban J connectivity index is 1.59. The summed E-state index contributed by atoms with van der Waals surface area (Å²) in [6, 6.07) is 12.7. The average molecular weight is 443 g/mol. The van der Waals surface area contributed by atoms with Gasteiger partial charge in [-0.15, -0.1) is 0 Å². The van der Waals surface area contributed by atoms with Crippen LogP contribution in [-0.4, -0.2) is 29.9 Å². The molecule has 2 aromatic carbocycles. The Bertz CT molecular complexity index is 925. The van der Waals surface area contributed by atoms with Gasteiger partial charge >= 0.3 is 6.03 Å². The molecule has 7 nitrogen and oxygen atoms in total. The Morgan fingerprint density at radius 3 is 2.06 bits per heavy atom. The minimum Gasteiger partial charge on any atom is -0.340 e. The summed E-state index contributed by atoms with van der Waals surface area (Å²) >= 11 is 5.87. The number of rotatable bonds is 8. The number of benzene rings is 2. The van der Waals surface area contributed by atoms with Crippen molar-refractivity contribution < 1.29 is 14.4 Å². The van der Waals surface area contributed by atoms with Gasteiger partial charge in [-0.3, -0.25) is 9.59 Å². The normalized spacial score (nSPS) is 13.9. The van der Waals surface area contributed by atoms with Crippen LogP contribution in [0.3, 0.4) is 0 Å². The van der Waals surface area contributed by atoms with Crippen LogP contribution >= 0.6 is 11.6 Å². The fraction of sp³-hybridized carbons (Fsp3) is 0.348. The van der Waals surface area contributed by atoms with Crippen LogP contribution in [0.2, 0.25) is 5.02 Å². The number of hydrogen-bond donors (Lipinski definition) is 4. The van der Waals surface area contributed by atoms with Crippen LogP contribution < -0.4 is 21.3 Å². The molecule has 0 aromatic heterocycles. The molecule has 0 radical (unpaired) electrons. The maximum Gasteiger partial charge on any atom is 0.319 e. The summed E-state index contributed by atoms with van der Waals surface area (Å²) in [5.74, 6) is -0.431. The Hall–Kier alpha value is -3.06. The summed E-state index contributed by atoms with van der Waals surface area (Å²) in [5.41, 5.74) is 1.64. The van der Waals surface area contributed by atoms with Gasteiger partial charge in [-0.2, -0.15) is 0 Å². The highest BCUT2D eigenvalue weighted by atomic mass is 35.5. The van der Waals surface area contributed by atoms with Gasteiger partial charge in [-0.05, 0) is 73.7 Å². The van der Waals surface area contributed by atoms with Crippen LogP contribution in [0.15, 0.2) is 48.5 Å². The molecule has 1 unspecified atom stereocenters. The zero-order valence-corrected chi connectivity index (χ0v) is 18.3. The van der Waals surface area contributed by atoms with Crippen LogP contribution in [0.5, 0.6) is 0 Å². The fourth-order valence-corrected chi connectivity index (χ4v) is 3.12. The van der Waals surface area contributed by atoms with Gasteiger partial charge in [0.2, 0.25) is 5.91 Å². The third-order valence-electron chi connectivity index (χ3n) is 4.76. The van der Waals surface area contributed by atoms with Crippen molar-refractivity contribution in [3.8, 4) is 0 Å². The summed E-state index contributed by atoms with van der Waals surface area (Å²) in [7, 11) is 0. The molecule has 1 aliphatic carbocycles. The van der Waals surface area contributed by atoms with E-state index in [0.29, 0.717) is 28.4 Å². The zero-order valence-electron chi connectivity index (χ0n) is 17.6. The molecule has 31 heavy (non-hydrogen) atoms. The molecular weight excluding hydrogens is 416 g/mol. The summed E-state index contributed by atoms with van der Waals surface area (Å²) in [5, 5.41) is 11.8. The van der Waals surface area contributed by atoms with Crippen molar-refractivity contribution in [1.29, 1.82) is 0 Å². The van der Waals surface area contributed by atoms with E-state index in [0.717, 1.165) is 12.8 Å². The quantitative estimate of drug-likeness (QED) is 0.487. The second kappa shape index (κ2) is 10.3. The summed E-state index contributed by atoms with van der Waals surface area (Å²) in [4.78, 5) is 37.2. The molecule has 3 rings (SSSR count). The Morgan fingerprint density at radius 1 is 0.935 bits per heavy atom. The highest BCUT2D eigenvalue weighted by molar-refractivity contribution is 6.30. The van der Waals surface area contributed by atoms with Gasteiger partial charge in [0.25, 0.3) is 5.91 Å². The van der Waals surface area contributed by atoms with Crippen LogP contribution in [-0.2, 0) is 4.79 Å². The number of carbonyl (C=O) groups is 3. The van der Waals surface area contributed by atoms with E-state index in [4.69, 9.17) is 11.6 Å². The second-order valence-electron chi connectivity index (χ2n) is 8.10. The van der Waals surface area contributed by atoms with Crippen LogP contribution in [0.4, 0.5) is 16.2 Å². The molecule has 1 saturated carbocycles. The predicted octanol–water partition coefficient (Wildman–Crippen LogP) is 4.41. The van der Waals surface area contributed by atoms with Crippen LogP contribution in [0.1, 0.15) is 43.5 Å². The van der Waals surface area contributed by atoms with E-state index < -0.39 is 6.04 Å². The maximum atomic E-state index is 12.8. The first-order valence-corrected chi connectivity index (χ1v) is 10.7. The highest BCUT2D eigenvalue weighted by Crippen LogP contribution is 2.19. The molecule has 0 aliphatic heterocycles. The molecule has 0 heterocycles. The van der Waals surface area contributed by atoms with E-state index in [9.17, 15) is 14.4 Å². The van der Waals surface area contributed by atoms with E-state index in [1.165, 1.54) is 0 Å². The van der Waals surface area contributed by atoms with Gasteiger partial charge < -0.3 is 21.3 Å². The molecule has 4 amide bonds. The lowest BCUT2D eigenvalue weighted by molar-refractivity contribution is -0.118. The van der Waals surface area contributed by atoms with Crippen molar-refractivity contribution in [2.75, 3.05) is 10.6 Å². The molecule has 0 spiro atoms. The SMILES string of the molecule is CC(C)CC(NC(=O)c1ccc(Cl)cc1)C(=O)Nc1ccc(NC(=O)NC2CC2)cc1. The van der Waals surface area contributed by atoms with Gasteiger partial charge in [0.1, 0.15) is 6.04 Å².